The largest absolute Gasteiger partial charge is 0.396 e. The molecule has 6 heteroatoms. The first-order valence-electron chi connectivity index (χ1n) is 5.80. The zero-order chi connectivity index (χ0) is 14.5. The number of benzene rings is 1. The smallest absolute Gasteiger partial charge is 0.253 e. The molecular formula is C13H17Cl2NO3. The molecule has 2 N–H and O–H groups in total. The van der Waals surface area contributed by atoms with Gasteiger partial charge in [0.15, 0.2) is 0 Å². The van der Waals surface area contributed by atoms with E-state index in [1.807, 2.05) is 0 Å². The molecule has 0 radical (unpaired) electrons. The monoisotopic (exact) mass is 305 g/mol. The van der Waals surface area contributed by atoms with Gasteiger partial charge < -0.3 is 15.2 Å². The van der Waals surface area contributed by atoms with E-state index in [0.717, 1.165) is 0 Å². The minimum atomic E-state index is -0.660. The van der Waals surface area contributed by atoms with Crippen molar-refractivity contribution in [1.82, 2.24) is 5.32 Å². The highest BCUT2D eigenvalue weighted by molar-refractivity contribution is 6.43. The van der Waals surface area contributed by atoms with Crippen LogP contribution in [-0.4, -0.2) is 36.9 Å². The Hall–Kier alpha value is -0.810. The second-order valence-corrected chi connectivity index (χ2v) is 5.31. The van der Waals surface area contributed by atoms with Crippen LogP contribution in [0.25, 0.3) is 0 Å². The van der Waals surface area contributed by atoms with Crippen LogP contribution >= 0.6 is 23.2 Å². The van der Waals surface area contributed by atoms with E-state index in [0.29, 0.717) is 17.0 Å². The van der Waals surface area contributed by atoms with Gasteiger partial charge in [-0.3, -0.25) is 4.79 Å². The summed E-state index contributed by atoms with van der Waals surface area (Å²) in [6.07, 6.45) is 0.380. The quantitative estimate of drug-likeness (QED) is 0.849. The number of aliphatic hydroxyl groups excluding tert-OH is 1. The van der Waals surface area contributed by atoms with Gasteiger partial charge in [0.2, 0.25) is 0 Å². The summed E-state index contributed by atoms with van der Waals surface area (Å²) in [4.78, 5) is 12.2. The molecule has 0 saturated heterocycles. The van der Waals surface area contributed by atoms with Crippen molar-refractivity contribution in [2.45, 2.75) is 18.9 Å². The molecule has 0 aliphatic heterocycles. The molecule has 0 aliphatic rings. The van der Waals surface area contributed by atoms with Gasteiger partial charge in [0, 0.05) is 13.7 Å². The van der Waals surface area contributed by atoms with Crippen LogP contribution in [-0.2, 0) is 4.74 Å². The zero-order valence-electron chi connectivity index (χ0n) is 10.9. The first-order valence-corrected chi connectivity index (χ1v) is 6.55. The predicted octanol–water partition coefficient (Wildman–Crippen LogP) is 2.51. The summed E-state index contributed by atoms with van der Waals surface area (Å²) >= 11 is 11.9. The van der Waals surface area contributed by atoms with Crippen molar-refractivity contribution < 1.29 is 14.6 Å². The molecule has 0 bridgehead atoms. The van der Waals surface area contributed by atoms with Crippen molar-refractivity contribution in [2.75, 3.05) is 20.3 Å². The van der Waals surface area contributed by atoms with E-state index in [-0.39, 0.29) is 24.1 Å². The third kappa shape index (κ3) is 4.35. The number of rotatable bonds is 6. The molecule has 1 amide bonds. The van der Waals surface area contributed by atoms with Crippen molar-refractivity contribution in [2.24, 2.45) is 0 Å². The zero-order valence-corrected chi connectivity index (χ0v) is 12.4. The molecule has 1 unspecified atom stereocenters. The maximum Gasteiger partial charge on any atom is 0.253 e. The Morgan fingerprint density at radius 2 is 2.16 bits per heavy atom. The van der Waals surface area contributed by atoms with Crippen molar-refractivity contribution in [3.63, 3.8) is 0 Å². The van der Waals surface area contributed by atoms with Gasteiger partial charge >= 0.3 is 0 Å². The summed E-state index contributed by atoms with van der Waals surface area (Å²) in [7, 11) is 1.54. The Morgan fingerprint density at radius 1 is 1.47 bits per heavy atom. The average Bonchev–Trinajstić information content (AvgIpc) is 2.32. The lowest BCUT2D eigenvalue weighted by Crippen LogP contribution is -2.50. The number of hydrogen-bond acceptors (Lipinski definition) is 3. The molecule has 4 nitrogen and oxygen atoms in total. The molecule has 0 aromatic heterocycles. The van der Waals surface area contributed by atoms with Gasteiger partial charge in [0.25, 0.3) is 5.91 Å². The summed E-state index contributed by atoms with van der Waals surface area (Å²) in [5.41, 5.74) is -0.360. The molecule has 0 aliphatic carbocycles. The molecule has 1 atom stereocenters. The Kier molecular flexibility index (Phi) is 6.07. The fourth-order valence-electron chi connectivity index (χ4n) is 1.76. The van der Waals surface area contributed by atoms with E-state index >= 15 is 0 Å². The first kappa shape index (κ1) is 16.2. The van der Waals surface area contributed by atoms with Crippen LogP contribution in [0.2, 0.25) is 10.0 Å². The van der Waals surface area contributed by atoms with Crippen molar-refractivity contribution in [3.05, 3.63) is 33.8 Å². The lowest BCUT2D eigenvalue weighted by Gasteiger charge is -2.29. The van der Waals surface area contributed by atoms with Gasteiger partial charge in [-0.15, -0.1) is 0 Å². The molecule has 0 fully saturated rings. The summed E-state index contributed by atoms with van der Waals surface area (Å²) < 4.78 is 5.07. The predicted molar refractivity (Wildman–Crippen MR) is 75.9 cm³/mol. The van der Waals surface area contributed by atoms with Gasteiger partial charge in [0.05, 0.1) is 27.8 Å². The van der Waals surface area contributed by atoms with E-state index in [1.54, 1.807) is 25.1 Å². The molecule has 106 valence electrons. The molecule has 1 rings (SSSR count). The second kappa shape index (κ2) is 7.10. The minimum absolute atomic E-state index is 0.0522. The van der Waals surface area contributed by atoms with Gasteiger partial charge in [-0.05, 0) is 25.5 Å². The molecule has 0 spiro atoms. The molecule has 1 aromatic carbocycles. The van der Waals surface area contributed by atoms with E-state index in [9.17, 15) is 4.79 Å². The molecule has 0 heterocycles. The van der Waals surface area contributed by atoms with Crippen LogP contribution in [0.3, 0.4) is 0 Å². The topological polar surface area (TPSA) is 58.6 Å². The fourth-order valence-corrected chi connectivity index (χ4v) is 2.14. The van der Waals surface area contributed by atoms with Gasteiger partial charge in [-0.1, -0.05) is 29.3 Å². The highest BCUT2D eigenvalue weighted by atomic mass is 35.5. The maximum absolute atomic E-state index is 12.2. The molecule has 1 aromatic rings. The standard InChI is InChI=1S/C13H17Cl2NO3/c1-13(6-7-17,8-19-2)16-12(18)9-4-3-5-10(14)11(9)15/h3-5,17H,6-8H2,1-2H3,(H,16,18). The third-order valence-corrected chi connectivity index (χ3v) is 3.56. The maximum atomic E-state index is 12.2. The summed E-state index contributed by atoms with van der Waals surface area (Å²) in [6.45, 7) is 2.03. The van der Waals surface area contributed by atoms with E-state index in [2.05, 4.69) is 5.32 Å². The Morgan fingerprint density at radius 3 is 2.74 bits per heavy atom. The lowest BCUT2D eigenvalue weighted by atomic mass is 9.98. The molecule has 0 saturated carbocycles. The Balaban J connectivity index is 2.91. The van der Waals surface area contributed by atoms with Crippen LogP contribution in [0.15, 0.2) is 18.2 Å². The highest BCUT2D eigenvalue weighted by Crippen LogP contribution is 2.26. The third-order valence-electron chi connectivity index (χ3n) is 2.74. The summed E-state index contributed by atoms with van der Waals surface area (Å²) in [5.74, 6) is -0.347. The van der Waals surface area contributed by atoms with E-state index < -0.39 is 5.54 Å². The van der Waals surface area contributed by atoms with Crippen LogP contribution in [0, 0.1) is 0 Å². The highest BCUT2D eigenvalue weighted by Gasteiger charge is 2.27. The first-order chi connectivity index (χ1) is 8.93. The Bertz CT molecular complexity index is 446. The number of methoxy groups -OCH3 is 1. The van der Waals surface area contributed by atoms with Gasteiger partial charge in [-0.2, -0.15) is 0 Å². The number of nitrogens with one attached hydrogen (secondary N) is 1. The number of carbonyl (C=O) groups excluding carboxylic acids is 1. The van der Waals surface area contributed by atoms with Crippen LogP contribution in [0.4, 0.5) is 0 Å². The van der Waals surface area contributed by atoms with Crippen molar-refractivity contribution in [1.29, 1.82) is 0 Å². The van der Waals surface area contributed by atoms with Gasteiger partial charge in [0.1, 0.15) is 0 Å². The SMILES string of the molecule is COCC(C)(CCO)NC(=O)c1cccc(Cl)c1Cl. The number of amides is 1. The number of ether oxygens (including phenoxy) is 1. The van der Waals surface area contributed by atoms with Gasteiger partial charge in [-0.25, -0.2) is 0 Å². The Labute approximate surface area is 122 Å². The lowest BCUT2D eigenvalue weighted by molar-refractivity contribution is 0.0726. The van der Waals surface area contributed by atoms with Crippen LogP contribution < -0.4 is 5.32 Å². The number of hydrogen-bond donors (Lipinski definition) is 2. The molecular weight excluding hydrogens is 289 g/mol. The second-order valence-electron chi connectivity index (χ2n) is 4.52. The average molecular weight is 306 g/mol. The molecule has 19 heavy (non-hydrogen) atoms. The fraction of sp³-hybridized carbons (Fsp3) is 0.462. The number of halogens is 2. The minimum Gasteiger partial charge on any atom is -0.396 e. The summed E-state index contributed by atoms with van der Waals surface area (Å²) in [5, 5.41) is 12.4. The van der Waals surface area contributed by atoms with Crippen molar-refractivity contribution in [3.8, 4) is 0 Å². The normalized spacial score (nSPS) is 13.9. The van der Waals surface area contributed by atoms with Crippen LogP contribution in [0.5, 0.6) is 0 Å². The number of carbonyl (C=O) groups is 1. The van der Waals surface area contributed by atoms with Crippen LogP contribution in [0.1, 0.15) is 23.7 Å². The van der Waals surface area contributed by atoms with E-state index in [4.69, 9.17) is 33.0 Å². The summed E-state index contributed by atoms with van der Waals surface area (Å²) in [6, 6.07) is 4.86. The van der Waals surface area contributed by atoms with E-state index in [1.165, 1.54) is 7.11 Å². The number of aliphatic hydroxyl groups is 1. The van der Waals surface area contributed by atoms with Crippen molar-refractivity contribution >= 4 is 29.1 Å².